The predicted octanol–water partition coefficient (Wildman–Crippen LogP) is 6.49. The Kier molecular flexibility index (Phi) is 8.29. The fraction of sp³-hybridized carbons (Fsp3) is 0.367. The van der Waals surface area contributed by atoms with Gasteiger partial charge >= 0.3 is 0 Å². The number of anilines is 1. The molecular weight excluding hydrogens is 468 g/mol. The van der Waals surface area contributed by atoms with Crippen LogP contribution in [0.1, 0.15) is 75.8 Å². The second-order valence-corrected chi connectivity index (χ2v) is 12.6. The van der Waals surface area contributed by atoms with Crippen LogP contribution in [0, 0.1) is 6.92 Å². The summed E-state index contributed by atoms with van der Waals surface area (Å²) in [6.07, 6.45) is 0. The molecule has 0 aromatic heterocycles. The molecule has 6 heteroatoms. The number of nitrogens with zero attached hydrogens (tertiary/aromatic N) is 1. The van der Waals surface area contributed by atoms with E-state index in [4.69, 9.17) is 0 Å². The van der Waals surface area contributed by atoms with Crippen molar-refractivity contribution in [3.63, 3.8) is 0 Å². The van der Waals surface area contributed by atoms with Gasteiger partial charge < -0.3 is 5.32 Å². The minimum absolute atomic E-state index is 0.0426. The summed E-state index contributed by atoms with van der Waals surface area (Å²) in [5.74, 6) is -0.0546. The smallest absolute Gasteiger partial charge is 0.264 e. The van der Waals surface area contributed by atoms with Gasteiger partial charge in [-0.1, -0.05) is 88.7 Å². The van der Waals surface area contributed by atoms with Gasteiger partial charge in [0.05, 0.1) is 16.6 Å². The van der Waals surface area contributed by atoms with Crippen LogP contribution in [0.4, 0.5) is 5.69 Å². The predicted molar refractivity (Wildman–Crippen MR) is 148 cm³/mol. The van der Waals surface area contributed by atoms with Crippen molar-refractivity contribution < 1.29 is 13.2 Å². The van der Waals surface area contributed by atoms with E-state index < -0.39 is 10.0 Å². The van der Waals surface area contributed by atoms with Crippen LogP contribution in [0.5, 0.6) is 0 Å². The van der Waals surface area contributed by atoms with Gasteiger partial charge in [0.2, 0.25) is 5.91 Å². The number of hydrogen-bond acceptors (Lipinski definition) is 3. The number of amides is 1. The average Bonchev–Trinajstić information content (AvgIpc) is 2.82. The number of carbonyl (C=O) groups excluding carboxylic acids is 1. The molecule has 0 aliphatic carbocycles. The zero-order chi connectivity index (χ0) is 26.7. The topological polar surface area (TPSA) is 66.5 Å². The lowest BCUT2D eigenvalue weighted by atomic mass is 9.86. The van der Waals surface area contributed by atoms with Crippen LogP contribution in [-0.4, -0.2) is 20.9 Å². The molecule has 3 aromatic carbocycles. The molecule has 1 N–H and O–H groups in total. The van der Waals surface area contributed by atoms with E-state index in [-0.39, 0.29) is 28.8 Å². The van der Waals surface area contributed by atoms with Crippen molar-refractivity contribution in [3.8, 4) is 0 Å². The van der Waals surface area contributed by atoms with Gasteiger partial charge in [-0.05, 0) is 66.1 Å². The van der Waals surface area contributed by atoms with Crippen LogP contribution in [0.3, 0.4) is 0 Å². The van der Waals surface area contributed by atoms with E-state index in [0.717, 1.165) is 16.7 Å². The van der Waals surface area contributed by atoms with Crippen molar-refractivity contribution in [2.75, 3.05) is 10.8 Å². The van der Waals surface area contributed by atoms with Gasteiger partial charge in [-0.15, -0.1) is 0 Å². The number of hydrogen-bond donors (Lipinski definition) is 1. The molecule has 3 rings (SSSR count). The Morgan fingerprint density at radius 3 is 1.86 bits per heavy atom. The lowest BCUT2D eigenvalue weighted by Crippen LogP contribution is -2.41. The number of benzene rings is 3. The van der Waals surface area contributed by atoms with E-state index in [9.17, 15) is 13.2 Å². The third kappa shape index (κ3) is 6.55. The van der Waals surface area contributed by atoms with Crippen LogP contribution in [0.2, 0.25) is 0 Å². The Morgan fingerprint density at radius 2 is 1.36 bits per heavy atom. The SMILES string of the molecule is Cc1ccc(S(=O)(=O)N(CC(=O)N[C@H](C)c2ccc(C(C)(C)C)cc2)c2ccc(C(C)C)cc2)cc1. The maximum atomic E-state index is 13.6. The molecule has 0 saturated heterocycles. The van der Waals surface area contributed by atoms with Crippen LogP contribution in [-0.2, 0) is 20.2 Å². The molecular formula is C30H38N2O3S. The average molecular weight is 507 g/mol. The largest absolute Gasteiger partial charge is 0.348 e. The van der Waals surface area contributed by atoms with Crippen molar-refractivity contribution in [3.05, 3.63) is 95.1 Å². The number of sulfonamides is 1. The molecule has 3 aromatic rings. The van der Waals surface area contributed by atoms with Gasteiger partial charge in [-0.25, -0.2) is 8.42 Å². The molecule has 192 valence electrons. The van der Waals surface area contributed by atoms with Crippen molar-refractivity contribution in [1.82, 2.24) is 5.32 Å². The minimum Gasteiger partial charge on any atom is -0.348 e. The van der Waals surface area contributed by atoms with E-state index in [1.54, 1.807) is 36.4 Å². The number of aryl methyl sites for hydroxylation is 1. The summed E-state index contributed by atoms with van der Waals surface area (Å²) < 4.78 is 28.5. The molecule has 0 radical (unpaired) electrons. The monoisotopic (exact) mass is 506 g/mol. The molecule has 5 nitrogen and oxygen atoms in total. The summed E-state index contributed by atoms with van der Waals surface area (Å²) in [5.41, 5.74) is 4.74. The van der Waals surface area contributed by atoms with Gasteiger partial charge in [0.1, 0.15) is 6.54 Å². The summed E-state index contributed by atoms with van der Waals surface area (Å²) in [5, 5.41) is 2.97. The van der Waals surface area contributed by atoms with E-state index in [1.807, 2.05) is 38.1 Å². The molecule has 0 saturated carbocycles. The normalized spacial score (nSPS) is 12.9. The maximum absolute atomic E-state index is 13.6. The Balaban J connectivity index is 1.86. The Bertz CT molecular complexity index is 1270. The van der Waals surface area contributed by atoms with Crippen LogP contribution >= 0.6 is 0 Å². The van der Waals surface area contributed by atoms with Gasteiger partial charge in [0.15, 0.2) is 0 Å². The van der Waals surface area contributed by atoms with Crippen LogP contribution in [0.15, 0.2) is 77.7 Å². The molecule has 1 amide bonds. The highest BCUT2D eigenvalue weighted by Crippen LogP contribution is 2.27. The lowest BCUT2D eigenvalue weighted by molar-refractivity contribution is -0.120. The third-order valence-electron chi connectivity index (χ3n) is 6.40. The first kappa shape index (κ1) is 27.5. The Labute approximate surface area is 216 Å². The Hall–Kier alpha value is -3.12. The van der Waals surface area contributed by atoms with E-state index >= 15 is 0 Å². The number of carbonyl (C=O) groups is 1. The number of rotatable bonds is 8. The third-order valence-corrected chi connectivity index (χ3v) is 8.19. The highest BCUT2D eigenvalue weighted by atomic mass is 32.2. The zero-order valence-corrected chi connectivity index (χ0v) is 23.2. The molecule has 0 fully saturated rings. The summed E-state index contributed by atoms with van der Waals surface area (Å²) in [6.45, 7) is 14.1. The van der Waals surface area contributed by atoms with Crippen molar-refractivity contribution in [2.24, 2.45) is 0 Å². The second kappa shape index (κ2) is 10.9. The maximum Gasteiger partial charge on any atom is 0.264 e. The first-order valence-electron chi connectivity index (χ1n) is 12.4. The molecule has 0 aliphatic rings. The van der Waals surface area contributed by atoms with E-state index in [0.29, 0.717) is 11.6 Å². The van der Waals surface area contributed by atoms with Crippen LogP contribution in [0.25, 0.3) is 0 Å². The summed E-state index contributed by atoms with van der Waals surface area (Å²) in [7, 11) is -3.95. The van der Waals surface area contributed by atoms with Gasteiger partial charge in [-0.2, -0.15) is 0 Å². The minimum atomic E-state index is -3.95. The van der Waals surface area contributed by atoms with Crippen molar-refractivity contribution in [1.29, 1.82) is 0 Å². The summed E-state index contributed by atoms with van der Waals surface area (Å²) in [4.78, 5) is 13.3. The molecule has 0 bridgehead atoms. The standard InChI is InChI=1S/C30H38N2O3S/c1-21(2)24-12-16-27(17-13-24)32(36(34,35)28-18-8-22(3)9-19-28)20-29(33)31-23(4)25-10-14-26(15-11-25)30(5,6)7/h8-19,21,23H,20H2,1-7H3,(H,31,33)/t23-/m1/s1. The van der Waals surface area contributed by atoms with Gasteiger partial charge in [-0.3, -0.25) is 9.10 Å². The molecule has 1 atom stereocenters. The molecule has 0 heterocycles. The second-order valence-electron chi connectivity index (χ2n) is 10.7. The zero-order valence-electron chi connectivity index (χ0n) is 22.4. The van der Waals surface area contributed by atoms with E-state index in [1.165, 1.54) is 9.87 Å². The summed E-state index contributed by atoms with van der Waals surface area (Å²) >= 11 is 0. The van der Waals surface area contributed by atoms with E-state index in [2.05, 4.69) is 52.1 Å². The molecule has 0 spiro atoms. The highest BCUT2D eigenvalue weighted by Gasteiger charge is 2.28. The summed E-state index contributed by atoms with van der Waals surface area (Å²) in [6, 6.07) is 21.9. The lowest BCUT2D eigenvalue weighted by Gasteiger charge is -2.26. The molecule has 0 aliphatic heterocycles. The van der Waals surface area contributed by atoms with Gasteiger partial charge in [0.25, 0.3) is 10.0 Å². The first-order valence-corrected chi connectivity index (χ1v) is 13.8. The quantitative estimate of drug-likeness (QED) is 0.380. The fourth-order valence-corrected chi connectivity index (χ4v) is 5.37. The Morgan fingerprint density at radius 1 is 0.833 bits per heavy atom. The first-order chi connectivity index (χ1) is 16.8. The molecule has 0 unspecified atom stereocenters. The molecule has 36 heavy (non-hydrogen) atoms. The highest BCUT2D eigenvalue weighted by molar-refractivity contribution is 7.92. The fourth-order valence-electron chi connectivity index (χ4n) is 3.95. The van der Waals surface area contributed by atoms with Gasteiger partial charge in [0, 0.05) is 0 Å². The van der Waals surface area contributed by atoms with Crippen LogP contribution < -0.4 is 9.62 Å². The number of nitrogens with one attached hydrogen (secondary N) is 1. The van der Waals surface area contributed by atoms with Crippen molar-refractivity contribution >= 4 is 21.6 Å². The van der Waals surface area contributed by atoms with Crippen molar-refractivity contribution in [2.45, 2.75) is 70.7 Å².